The standard InChI is InChI=1S/C16H23NO2/c1-12(2)10-17-16(18)11-19-15-8-7-13-5-3-4-6-14(13)9-15/h7-9,12H,3-6,10-11H2,1-2H3,(H,17,18). The van der Waals surface area contributed by atoms with Crippen molar-refractivity contribution in [3.05, 3.63) is 29.3 Å². The zero-order valence-corrected chi connectivity index (χ0v) is 11.9. The summed E-state index contributed by atoms with van der Waals surface area (Å²) in [5, 5.41) is 2.85. The Bertz CT molecular complexity index is 440. The SMILES string of the molecule is CC(C)CNC(=O)COc1ccc2c(c1)CCCC2. The van der Waals surface area contributed by atoms with Crippen LogP contribution in [-0.4, -0.2) is 19.1 Å². The molecule has 104 valence electrons. The Morgan fingerprint density at radius 1 is 1.26 bits per heavy atom. The molecule has 0 saturated carbocycles. The fraction of sp³-hybridized carbons (Fsp3) is 0.562. The molecular weight excluding hydrogens is 238 g/mol. The van der Waals surface area contributed by atoms with Gasteiger partial charge in [0.2, 0.25) is 0 Å². The number of amides is 1. The number of rotatable bonds is 5. The average Bonchev–Trinajstić information content (AvgIpc) is 2.42. The van der Waals surface area contributed by atoms with Gasteiger partial charge in [-0.1, -0.05) is 19.9 Å². The summed E-state index contributed by atoms with van der Waals surface area (Å²) in [4.78, 5) is 11.6. The maximum absolute atomic E-state index is 11.6. The van der Waals surface area contributed by atoms with Crippen LogP contribution >= 0.6 is 0 Å². The lowest BCUT2D eigenvalue weighted by Gasteiger charge is -2.16. The predicted octanol–water partition coefficient (Wildman–Crippen LogP) is 2.72. The molecule has 3 nitrogen and oxygen atoms in total. The Hall–Kier alpha value is -1.51. The highest BCUT2D eigenvalue weighted by Gasteiger charge is 2.10. The van der Waals surface area contributed by atoms with Crippen LogP contribution in [0, 0.1) is 5.92 Å². The minimum atomic E-state index is -0.0496. The molecule has 2 rings (SSSR count). The molecule has 1 aliphatic rings. The van der Waals surface area contributed by atoms with Gasteiger partial charge in [-0.3, -0.25) is 4.79 Å². The first-order valence-corrected chi connectivity index (χ1v) is 7.16. The van der Waals surface area contributed by atoms with Crippen molar-refractivity contribution in [1.29, 1.82) is 0 Å². The van der Waals surface area contributed by atoms with Gasteiger partial charge in [0, 0.05) is 6.54 Å². The van der Waals surface area contributed by atoms with E-state index in [1.165, 1.54) is 30.4 Å². The van der Waals surface area contributed by atoms with E-state index in [4.69, 9.17) is 4.74 Å². The van der Waals surface area contributed by atoms with Crippen LogP contribution in [0.5, 0.6) is 5.75 Å². The van der Waals surface area contributed by atoms with Gasteiger partial charge in [0.1, 0.15) is 5.75 Å². The highest BCUT2D eigenvalue weighted by Crippen LogP contribution is 2.25. The third kappa shape index (κ3) is 4.27. The van der Waals surface area contributed by atoms with E-state index in [0.29, 0.717) is 12.5 Å². The molecule has 0 heterocycles. The van der Waals surface area contributed by atoms with Crippen molar-refractivity contribution < 1.29 is 9.53 Å². The summed E-state index contributed by atoms with van der Waals surface area (Å²) >= 11 is 0. The number of carbonyl (C=O) groups is 1. The van der Waals surface area contributed by atoms with Gasteiger partial charge in [-0.2, -0.15) is 0 Å². The molecular formula is C16H23NO2. The van der Waals surface area contributed by atoms with E-state index in [9.17, 15) is 4.79 Å². The number of benzene rings is 1. The Balaban J connectivity index is 1.84. The van der Waals surface area contributed by atoms with E-state index in [1.807, 2.05) is 6.07 Å². The molecule has 1 aromatic carbocycles. The number of hydrogen-bond acceptors (Lipinski definition) is 2. The molecule has 3 heteroatoms. The summed E-state index contributed by atoms with van der Waals surface area (Å²) in [6.45, 7) is 4.95. The molecule has 0 bridgehead atoms. The number of carbonyl (C=O) groups excluding carboxylic acids is 1. The van der Waals surface area contributed by atoms with Crippen molar-refractivity contribution in [3.63, 3.8) is 0 Å². The Morgan fingerprint density at radius 3 is 2.74 bits per heavy atom. The van der Waals surface area contributed by atoms with Crippen molar-refractivity contribution in [3.8, 4) is 5.75 Å². The fourth-order valence-electron chi connectivity index (χ4n) is 2.32. The highest BCUT2D eigenvalue weighted by molar-refractivity contribution is 5.77. The summed E-state index contributed by atoms with van der Waals surface area (Å²) in [7, 11) is 0. The van der Waals surface area contributed by atoms with Crippen molar-refractivity contribution >= 4 is 5.91 Å². The predicted molar refractivity (Wildman–Crippen MR) is 76.4 cm³/mol. The number of hydrogen-bond donors (Lipinski definition) is 1. The Morgan fingerprint density at radius 2 is 2.00 bits per heavy atom. The zero-order valence-electron chi connectivity index (χ0n) is 11.9. The van der Waals surface area contributed by atoms with E-state index < -0.39 is 0 Å². The summed E-state index contributed by atoms with van der Waals surface area (Å²) in [5.41, 5.74) is 2.81. The van der Waals surface area contributed by atoms with Crippen LogP contribution in [0.4, 0.5) is 0 Å². The van der Waals surface area contributed by atoms with E-state index in [1.54, 1.807) is 0 Å². The molecule has 0 radical (unpaired) electrons. The fourth-order valence-corrected chi connectivity index (χ4v) is 2.32. The van der Waals surface area contributed by atoms with Crippen LogP contribution in [0.25, 0.3) is 0 Å². The van der Waals surface area contributed by atoms with Crippen LogP contribution in [-0.2, 0) is 17.6 Å². The topological polar surface area (TPSA) is 38.3 Å². The van der Waals surface area contributed by atoms with Crippen LogP contribution in [0.15, 0.2) is 18.2 Å². The van der Waals surface area contributed by atoms with Crippen molar-refractivity contribution in [2.45, 2.75) is 39.5 Å². The lowest BCUT2D eigenvalue weighted by atomic mass is 9.92. The quantitative estimate of drug-likeness (QED) is 0.885. The minimum Gasteiger partial charge on any atom is -0.484 e. The second-order valence-corrected chi connectivity index (χ2v) is 5.62. The van der Waals surface area contributed by atoms with Crippen LogP contribution < -0.4 is 10.1 Å². The molecule has 0 saturated heterocycles. The third-order valence-corrected chi connectivity index (χ3v) is 3.40. The van der Waals surface area contributed by atoms with Gasteiger partial charge >= 0.3 is 0 Å². The monoisotopic (exact) mass is 261 g/mol. The maximum Gasteiger partial charge on any atom is 0.257 e. The molecule has 0 aromatic heterocycles. The van der Waals surface area contributed by atoms with E-state index >= 15 is 0 Å². The van der Waals surface area contributed by atoms with Gasteiger partial charge in [0.05, 0.1) is 0 Å². The molecule has 0 aliphatic heterocycles. The van der Waals surface area contributed by atoms with E-state index in [-0.39, 0.29) is 12.5 Å². The maximum atomic E-state index is 11.6. The number of nitrogens with one attached hydrogen (secondary N) is 1. The van der Waals surface area contributed by atoms with E-state index in [2.05, 4.69) is 31.3 Å². The molecule has 1 amide bonds. The molecule has 1 aliphatic carbocycles. The third-order valence-electron chi connectivity index (χ3n) is 3.40. The zero-order chi connectivity index (χ0) is 13.7. The number of aryl methyl sites for hydroxylation is 2. The minimum absolute atomic E-state index is 0.0496. The Labute approximate surface area is 115 Å². The first kappa shape index (κ1) is 13.9. The molecule has 0 fully saturated rings. The first-order valence-electron chi connectivity index (χ1n) is 7.16. The summed E-state index contributed by atoms with van der Waals surface area (Å²) in [6, 6.07) is 6.19. The molecule has 0 spiro atoms. The van der Waals surface area contributed by atoms with Crippen LogP contribution in [0.2, 0.25) is 0 Å². The summed E-state index contributed by atoms with van der Waals surface area (Å²) in [5.74, 6) is 1.22. The Kier molecular flexibility index (Phi) is 4.83. The summed E-state index contributed by atoms with van der Waals surface area (Å²) in [6.07, 6.45) is 4.84. The number of ether oxygens (including phenoxy) is 1. The largest absolute Gasteiger partial charge is 0.484 e. The molecule has 1 N–H and O–H groups in total. The second-order valence-electron chi connectivity index (χ2n) is 5.62. The lowest BCUT2D eigenvalue weighted by Crippen LogP contribution is -2.31. The van der Waals surface area contributed by atoms with Crippen LogP contribution in [0.1, 0.15) is 37.8 Å². The lowest BCUT2D eigenvalue weighted by molar-refractivity contribution is -0.123. The second kappa shape index (κ2) is 6.60. The molecule has 0 unspecified atom stereocenters. The van der Waals surface area contributed by atoms with Crippen molar-refractivity contribution in [2.75, 3.05) is 13.2 Å². The van der Waals surface area contributed by atoms with Gasteiger partial charge in [0.15, 0.2) is 6.61 Å². The molecule has 1 aromatic rings. The first-order chi connectivity index (χ1) is 9.15. The highest BCUT2D eigenvalue weighted by atomic mass is 16.5. The number of fused-ring (bicyclic) bond motifs is 1. The van der Waals surface area contributed by atoms with Crippen LogP contribution in [0.3, 0.4) is 0 Å². The van der Waals surface area contributed by atoms with Gasteiger partial charge < -0.3 is 10.1 Å². The van der Waals surface area contributed by atoms with Gasteiger partial charge in [-0.05, 0) is 54.9 Å². The van der Waals surface area contributed by atoms with Crippen molar-refractivity contribution in [1.82, 2.24) is 5.32 Å². The summed E-state index contributed by atoms with van der Waals surface area (Å²) < 4.78 is 5.55. The normalized spacial score (nSPS) is 14.1. The molecule has 0 atom stereocenters. The average molecular weight is 261 g/mol. The van der Waals surface area contributed by atoms with Crippen molar-refractivity contribution in [2.24, 2.45) is 5.92 Å². The van der Waals surface area contributed by atoms with Gasteiger partial charge in [0.25, 0.3) is 5.91 Å². The van der Waals surface area contributed by atoms with Gasteiger partial charge in [-0.15, -0.1) is 0 Å². The smallest absolute Gasteiger partial charge is 0.257 e. The van der Waals surface area contributed by atoms with E-state index in [0.717, 1.165) is 12.2 Å². The molecule has 19 heavy (non-hydrogen) atoms. The van der Waals surface area contributed by atoms with Gasteiger partial charge in [-0.25, -0.2) is 0 Å².